The molecule has 0 aliphatic carbocycles. The smallest absolute Gasteiger partial charge is 0.410 e. The number of aromatic nitrogens is 2. The molecule has 200 valence electrons. The Bertz CT molecular complexity index is 1110. The van der Waals surface area contributed by atoms with Gasteiger partial charge in [0.2, 0.25) is 12.2 Å². The Morgan fingerprint density at radius 1 is 1.30 bits per heavy atom. The number of hydrogen-bond donors (Lipinski definition) is 1. The number of β-lactam (4-membered cyclic amide) rings is 1. The molecule has 0 bridgehead atoms. The average Bonchev–Trinajstić information content (AvgIpc) is 3.51. The predicted octanol–water partition coefficient (Wildman–Crippen LogP) is 1.61. The number of carbonyl (C=O) groups is 3. The van der Waals surface area contributed by atoms with Gasteiger partial charge < -0.3 is 24.4 Å². The minimum Gasteiger partial charge on any atom is -0.457 e. The molecule has 0 spiro atoms. The Hall–Kier alpha value is -3.05. The van der Waals surface area contributed by atoms with Gasteiger partial charge in [-0.15, -0.1) is 11.8 Å². The third-order valence-corrected chi connectivity index (χ3v) is 8.60. The van der Waals surface area contributed by atoms with Crippen LogP contribution in [0.25, 0.3) is 0 Å². The molecule has 0 radical (unpaired) electrons. The van der Waals surface area contributed by atoms with Gasteiger partial charge in [0.1, 0.15) is 37.8 Å². The maximum atomic E-state index is 13.0. The van der Waals surface area contributed by atoms with Crippen LogP contribution >= 0.6 is 11.8 Å². The van der Waals surface area contributed by atoms with Crippen molar-refractivity contribution >= 4 is 29.7 Å². The second-order valence-corrected chi connectivity index (χ2v) is 11.1. The minimum atomic E-state index is -0.820. The number of thioether (sulfide) groups is 1. The van der Waals surface area contributed by atoms with Crippen molar-refractivity contribution in [2.75, 3.05) is 19.8 Å². The lowest BCUT2D eigenvalue weighted by atomic mass is 9.79. The zero-order valence-electron chi connectivity index (χ0n) is 21.5. The molecule has 0 unspecified atom stereocenters. The van der Waals surface area contributed by atoms with Gasteiger partial charge in [0.15, 0.2) is 0 Å². The van der Waals surface area contributed by atoms with Crippen LogP contribution in [0.1, 0.15) is 20.3 Å². The molecular formula is C26H35N4O6S+. The van der Waals surface area contributed by atoms with E-state index in [4.69, 9.17) is 9.47 Å². The van der Waals surface area contributed by atoms with Crippen molar-refractivity contribution in [3.8, 4) is 0 Å². The highest BCUT2D eigenvalue weighted by Crippen LogP contribution is 2.52. The minimum absolute atomic E-state index is 0.0240. The van der Waals surface area contributed by atoms with Crippen molar-refractivity contribution in [1.29, 1.82) is 0 Å². The molecule has 1 N–H and O–H groups in total. The molecule has 6 atom stereocenters. The second-order valence-electron chi connectivity index (χ2n) is 9.78. The first-order valence-corrected chi connectivity index (χ1v) is 13.3. The number of likely N-dealkylation sites (tertiary alicyclic amines) is 1. The van der Waals surface area contributed by atoms with Gasteiger partial charge in [0.25, 0.3) is 0 Å². The van der Waals surface area contributed by atoms with E-state index >= 15 is 0 Å². The lowest BCUT2D eigenvalue weighted by Crippen LogP contribution is -2.63. The summed E-state index contributed by atoms with van der Waals surface area (Å²) in [5.41, 5.74) is 0.243. The molecule has 4 rings (SSSR count). The fraction of sp³-hybridized carbons (Fsp3) is 0.538. The number of esters is 1. The molecule has 0 aromatic carbocycles. The van der Waals surface area contributed by atoms with E-state index in [2.05, 4.69) is 13.2 Å². The topological polar surface area (TPSA) is 105 Å². The van der Waals surface area contributed by atoms with E-state index in [1.165, 1.54) is 28.8 Å². The lowest BCUT2D eigenvalue weighted by Gasteiger charge is -2.46. The predicted molar refractivity (Wildman–Crippen MR) is 137 cm³/mol. The van der Waals surface area contributed by atoms with E-state index in [1.54, 1.807) is 11.8 Å². The standard InChI is InChI=1S/C26H35N4O6S/c1-6-10-35-25(33)22-23(16(3)21-20(17(4)31)24(32)30(21)22)37-19-12-18(13-28-9-8-27(5)15-28)29(14-19)26(34)36-11-7-2/h6-9,15-21,31H,1-2,10-14H2,3-5H3/q+1/t16-,17-,18+,19+,20-,21-/m1/s1. The highest BCUT2D eigenvalue weighted by atomic mass is 32.2. The van der Waals surface area contributed by atoms with E-state index < -0.39 is 24.1 Å². The van der Waals surface area contributed by atoms with Crippen molar-refractivity contribution in [1.82, 2.24) is 14.4 Å². The Labute approximate surface area is 221 Å². The van der Waals surface area contributed by atoms with Crippen molar-refractivity contribution in [2.24, 2.45) is 18.9 Å². The van der Waals surface area contributed by atoms with Crippen LogP contribution in [0.2, 0.25) is 0 Å². The van der Waals surface area contributed by atoms with Gasteiger partial charge in [0, 0.05) is 22.6 Å². The molecular weight excluding hydrogens is 496 g/mol. The number of aryl methyl sites for hydroxylation is 1. The number of fused-ring (bicyclic) bond motifs is 1. The summed E-state index contributed by atoms with van der Waals surface area (Å²) in [6.45, 7) is 12.0. The first-order valence-electron chi connectivity index (χ1n) is 12.4. The summed E-state index contributed by atoms with van der Waals surface area (Å²) in [5.74, 6) is -1.57. The molecule has 11 heteroatoms. The van der Waals surface area contributed by atoms with Crippen LogP contribution in [0.5, 0.6) is 0 Å². The summed E-state index contributed by atoms with van der Waals surface area (Å²) >= 11 is 1.51. The monoisotopic (exact) mass is 531 g/mol. The molecule has 1 aromatic rings. The molecule has 4 heterocycles. The Morgan fingerprint density at radius 3 is 2.62 bits per heavy atom. The summed E-state index contributed by atoms with van der Waals surface area (Å²) in [6.07, 6.45) is 8.32. The Balaban J connectivity index is 1.59. The number of nitrogens with zero attached hydrogens (tertiary/aromatic N) is 4. The summed E-state index contributed by atoms with van der Waals surface area (Å²) in [7, 11) is 1.94. The molecule has 2 saturated heterocycles. The number of ether oxygens (including phenoxy) is 2. The number of carbonyl (C=O) groups excluding carboxylic acids is 3. The molecule has 3 aliphatic heterocycles. The molecule has 1 aromatic heterocycles. The van der Waals surface area contributed by atoms with E-state index in [-0.39, 0.29) is 48.1 Å². The Kier molecular flexibility index (Phi) is 8.13. The van der Waals surface area contributed by atoms with Gasteiger partial charge in [-0.05, 0) is 13.3 Å². The normalized spacial score (nSPS) is 27.6. The lowest BCUT2D eigenvalue weighted by molar-refractivity contribution is -0.671. The average molecular weight is 532 g/mol. The fourth-order valence-corrected chi connectivity index (χ4v) is 7.03. The fourth-order valence-electron chi connectivity index (χ4n) is 5.47. The second kappa shape index (κ2) is 11.1. The molecule has 37 heavy (non-hydrogen) atoms. The van der Waals surface area contributed by atoms with Crippen LogP contribution < -0.4 is 4.57 Å². The van der Waals surface area contributed by atoms with Crippen LogP contribution in [-0.2, 0) is 32.7 Å². The third-order valence-electron chi connectivity index (χ3n) is 7.11. The maximum Gasteiger partial charge on any atom is 0.410 e. The van der Waals surface area contributed by atoms with E-state index in [0.717, 1.165) is 4.91 Å². The first kappa shape index (κ1) is 27.0. The highest BCUT2D eigenvalue weighted by Gasteiger charge is 2.60. The van der Waals surface area contributed by atoms with Crippen molar-refractivity contribution in [3.63, 3.8) is 0 Å². The van der Waals surface area contributed by atoms with Gasteiger partial charge in [0.05, 0.1) is 31.2 Å². The SMILES string of the molecule is C=CCOC(=O)C1=C(S[C@H]2C[C@@H](Cn3cc[n+](C)c3)N(C(=O)OCC=C)C2)[C@H](C)[C@@H]2[C@@H]([C@@H](C)O)C(=O)N12. The molecule has 0 saturated carbocycles. The highest BCUT2D eigenvalue weighted by molar-refractivity contribution is 8.03. The molecule has 2 fully saturated rings. The van der Waals surface area contributed by atoms with Crippen molar-refractivity contribution < 1.29 is 33.5 Å². The number of hydrogen-bond acceptors (Lipinski definition) is 7. The van der Waals surface area contributed by atoms with Crippen LogP contribution in [0.15, 0.2) is 54.6 Å². The molecule has 3 aliphatic rings. The number of aliphatic hydroxyl groups excluding tert-OH is 1. The number of amides is 2. The largest absolute Gasteiger partial charge is 0.457 e. The maximum absolute atomic E-state index is 13.0. The third kappa shape index (κ3) is 5.19. The van der Waals surface area contributed by atoms with Crippen LogP contribution in [0.4, 0.5) is 4.79 Å². The Morgan fingerprint density at radius 2 is 2.00 bits per heavy atom. The van der Waals surface area contributed by atoms with Gasteiger partial charge >= 0.3 is 12.1 Å². The first-order chi connectivity index (χ1) is 17.7. The van der Waals surface area contributed by atoms with E-state index in [0.29, 0.717) is 19.5 Å². The summed E-state index contributed by atoms with van der Waals surface area (Å²) in [4.78, 5) is 42.8. The zero-order chi connectivity index (χ0) is 26.9. The van der Waals surface area contributed by atoms with Gasteiger partial charge in [-0.1, -0.05) is 32.2 Å². The van der Waals surface area contributed by atoms with Gasteiger partial charge in [-0.2, -0.15) is 0 Å². The summed E-state index contributed by atoms with van der Waals surface area (Å²) < 4.78 is 14.7. The van der Waals surface area contributed by atoms with Crippen molar-refractivity contribution in [2.45, 2.75) is 50.3 Å². The summed E-state index contributed by atoms with van der Waals surface area (Å²) in [6, 6.07) is -0.411. The van der Waals surface area contributed by atoms with E-state index in [1.807, 2.05) is 41.8 Å². The van der Waals surface area contributed by atoms with Crippen molar-refractivity contribution in [3.05, 3.63) is 54.6 Å². The zero-order valence-corrected chi connectivity index (χ0v) is 22.3. The van der Waals surface area contributed by atoms with E-state index in [9.17, 15) is 19.5 Å². The van der Waals surface area contributed by atoms with Crippen LogP contribution in [-0.4, -0.2) is 80.6 Å². The summed E-state index contributed by atoms with van der Waals surface area (Å²) in [5, 5.41) is 10.2. The van der Waals surface area contributed by atoms with Gasteiger partial charge in [-0.3, -0.25) is 4.79 Å². The number of imidazole rings is 1. The quantitative estimate of drug-likeness (QED) is 0.212. The molecule has 10 nitrogen and oxygen atoms in total. The van der Waals surface area contributed by atoms with Gasteiger partial charge in [-0.25, -0.2) is 18.7 Å². The number of aliphatic hydroxyl groups is 1. The number of rotatable bonds is 10. The van der Waals surface area contributed by atoms with Crippen LogP contribution in [0, 0.1) is 11.8 Å². The van der Waals surface area contributed by atoms with Crippen LogP contribution in [0.3, 0.4) is 0 Å². The molecule has 2 amide bonds.